The minimum atomic E-state index is -0.0124. The number of hydrogen-bond donors (Lipinski definition) is 2. The van der Waals surface area contributed by atoms with Crippen molar-refractivity contribution in [2.24, 2.45) is 0 Å². The molecule has 1 aliphatic heterocycles. The molecule has 5 rings (SSSR count). The first kappa shape index (κ1) is 22.7. The summed E-state index contributed by atoms with van der Waals surface area (Å²) in [6.45, 7) is 0.627. The van der Waals surface area contributed by atoms with Crippen LogP contribution in [0.4, 0.5) is 5.69 Å². The molecule has 2 aromatic carbocycles. The number of thioether (sulfide) groups is 1. The van der Waals surface area contributed by atoms with Gasteiger partial charge in [-0.3, -0.25) is 9.69 Å². The lowest BCUT2D eigenvalue weighted by Crippen LogP contribution is -2.29. The minimum Gasteiger partial charge on any atom is -0.398 e. The van der Waals surface area contributed by atoms with Gasteiger partial charge >= 0.3 is 0 Å². The molecular formula is C24H22N6OS3. The number of hydrogen-bond acceptors (Lipinski definition) is 8. The monoisotopic (exact) mass is 506 g/mol. The number of thiophene rings is 1. The maximum atomic E-state index is 12.9. The molecule has 0 spiro atoms. The number of rotatable bonds is 8. The van der Waals surface area contributed by atoms with E-state index < -0.39 is 0 Å². The number of nitrogens with zero attached hydrogens (tertiary/aromatic N) is 4. The fourth-order valence-corrected chi connectivity index (χ4v) is 6.12. The van der Waals surface area contributed by atoms with Crippen LogP contribution in [-0.2, 0) is 11.2 Å². The van der Waals surface area contributed by atoms with Crippen LogP contribution in [0.1, 0.15) is 30.0 Å². The Kier molecular flexibility index (Phi) is 6.70. The van der Waals surface area contributed by atoms with Crippen LogP contribution in [0.15, 0.2) is 52.7 Å². The van der Waals surface area contributed by atoms with Crippen molar-refractivity contribution in [1.29, 1.82) is 0 Å². The molecule has 3 heterocycles. The maximum absolute atomic E-state index is 12.9. The van der Waals surface area contributed by atoms with E-state index in [4.69, 9.17) is 18.0 Å². The number of anilines is 1. The Morgan fingerprint density at radius 1 is 1.12 bits per heavy atom. The van der Waals surface area contributed by atoms with Gasteiger partial charge in [0, 0.05) is 28.9 Å². The number of benzene rings is 2. The third-order valence-corrected chi connectivity index (χ3v) is 7.94. The van der Waals surface area contributed by atoms with Crippen LogP contribution >= 0.6 is 35.3 Å². The Morgan fingerprint density at radius 2 is 2.03 bits per heavy atom. The van der Waals surface area contributed by atoms with Crippen LogP contribution in [-0.4, -0.2) is 42.3 Å². The second-order valence-corrected chi connectivity index (χ2v) is 10.6. The van der Waals surface area contributed by atoms with Gasteiger partial charge in [0.1, 0.15) is 4.32 Å². The van der Waals surface area contributed by atoms with Gasteiger partial charge < -0.3 is 5.73 Å². The van der Waals surface area contributed by atoms with Crippen LogP contribution in [0, 0.1) is 0 Å². The number of aromatic nitrogens is 4. The molecule has 3 N–H and O–H groups in total. The summed E-state index contributed by atoms with van der Waals surface area (Å²) in [5, 5.41) is 18.2. The first-order valence-corrected chi connectivity index (χ1v) is 13.0. The summed E-state index contributed by atoms with van der Waals surface area (Å²) >= 11 is 8.47. The smallest absolute Gasteiger partial charge is 0.266 e. The van der Waals surface area contributed by atoms with Gasteiger partial charge in [0.25, 0.3) is 5.91 Å². The number of amides is 1. The summed E-state index contributed by atoms with van der Waals surface area (Å²) in [7, 11) is 0. The lowest BCUT2D eigenvalue weighted by Gasteiger charge is -2.13. The van der Waals surface area contributed by atoms with Gasteiger partial charge in [-0.2, -0.15) is 5.21 Å². The zero-order valence-electron chi connectivity index (χ0n) is 18.2. The van der Waals surface area contributed by atoms with Crippen LogP contribution < -0.4 is 5.73 Å². The number of tetrazole rings is 1. The third-order valence-electron chi connectivity index (χ3n) is 5.69. The molecule has 10 heteroatoms. The predicted molar refractivity (Wildman–Crippen MR) is 143 cm³/mol. The van der Waals surface area contributed by atoms with Gasteiger partial charge in [0.15, 0.2) is 5.82 Å². The van der Waals surface area contributed by atoms with Crippen molar-refractivity contribution in [3.63, 3.8) is 0 Å². The molecule has 1 amide bonds. The highest BCUT2D eigenvalue weighted by atomic mass is 32.2. The molecule has 0 saturated carbocycles. The molecule has 34 heavy (non-hydrogen) atoms. The number of aryl methyl sites for hydroxylation is 1. The number of nitrogens with one attached hydrogen (secondary N) is 1. The Labute approximate surface area is 210 Å². The highest BCUT2D eigenvalue weighted by Gasteiger charge is 2.31. The molecule has 7 nitrogen and oxygen atoms in total. The zero-order chi connectivity index (χ0) is 23.5. The number of carbonyl (C=O) groups excluding carboxylic acids is 1. The van der Waals surface area contributed by atoms with Crippen LogP contribution in [0.2, 0.25) is 0 Å². The van der Waals surface area contributed by atoms with Gasteiger partial charge in [-0.05, 0) is 59.0 Å². The van der Waals surface area contributed by atoms with E-state index in [2.05, 4.69) is 56.3 Å². The van der Waals surface area contributed by atoms with Crippen LogP contribution in [0.25, 0.3) is 28.0 Å². The molecule has 0 unspecified atom stereocenters. The molecule has 172 valence electrons. The molecule has 1 aliphatic rings. The number of unbranched alkanes of at least 4 members (excludes halogenated alkanes) is 2. The van der Waals surface area contributed by atoms with E-state index in [0.29, 0.717) is 15.8 Å². The van der Waals surface area contributed by atoms with Crippen LogP contribution in [0.5, 0.6) is 0 Å². The molecule has 1 fully saturated rings. The zero-order valence-corrected chi connectivity index (χ0v) is 20.7. The van der Waals surface area contributed by atoms with Crippen molar-refractivity contribution in [3.8, 4) is 11.1 Å². The average molecular weight is 507 g/mol. The Morgan fingerprint density at radius 3 is 2.88 bits per heavy atom. The first-order chi connectivity index (χ1) is 16.6. The van der Waals surface area contributed by atoms with Crippen molar-refractivity contribution in [3.05, 3.63) is 63.5 Å². The molecule has 2 aromatic heterocycles. The molecular weight excluding hydrogens is 485 g/mol. The number of nitrogens with two attached hydrogens (primary N) is 1. The molecule has 0 bridgehead atoms. The van der Waals surface area contributed by atoms with E-state index in [9.17, 15) is 4.79 Å². The lowest BCUT2D eigenvalue weighted by molar-refractivity contribution is -0.122. The summed E-state index contributed by atoms with van der Waals surface area (Å²) in [5.74, 6) is 0.706. The normalized spacial score (nSPS) is 15.2. The van der Waals surface area contributed by atoms with E-state index in [0.717, 1.165) is 64.0 Å². The van der Waals surface area contributed by atoms with E-state index >= 15 is 0 Å². The second-order valence-electron chi connectivity index (χ2n) is 7.99. The minimum absolute atomic E-state index is 0.0124. The van der Waals surface area contributed by atoms with Crippen LogP contribution in [0.3, 0.4) is 0 Å². The second kappa shape index (κ2) is 10.0. The van der Waals surface area contributed by atoms with Gasteiger partial charge in [-0.1, -0.05) is 59.9 Å². The van der Waals surface area contributed by atoms with E-state index in [1.165, 1.54) is 11.8 Å². The fraction of sp³-hybridized carbons (Fsp3) is 0.208. The average Bonchev–Trinajstić information content (AvgIpc) is 3.57. The van der Waals surface area contributed by atoms with Crippen molar-refractivity contribution in [2.75, 3.05) is 12.3 Å². The summed E-state index contributed by atoms with van der Waals surface area (Å²) in [6, 6.07) is 14.4. The Balaban J connectivity index is 1.22. The van der Waals surface area contributed by atoms with Gasteiger partial charge in [-0.15, -0.1) is 21.5 Å². The number of fused-ring (bicyclic) bond motifs is 1. The van der Waals surface area contributed by atoms with E-state index in [1.807, 2.05) is 18.2 Å². The van der Waals surface area contributed by atoms with Crippen molar-refractivity contribution >= 4 is 68.1 Å². The van der Waals surface area contributed by atoms with Gasteiger partial charge in [-0.25, -0.2) is 0 Å². The Hall–Kier alpha value is -3.08. The molecule has 0 radical (unpaired) electrons. The predicted octanol–water partition coefficient (Wildman–Crippen LogP) is 5.28. The topological polar surface area (TPSA) is 101 Å². The standard InChI is InChI=1S/C24H22N6OS3/c25-20-6-4-5-15-8-9-16(12-19(15)20)17-11-18(33-14-17)13-21-23(31)30(24(32)34-21)10-3-1-2-7-22-26-28-29-27-22/h4-6,8-9,11-14H,1-3,7,10,25H2,(H,26,27,28,29). The SMILES string of the molecule is Nc1cccc2ccc(-c3csc(C=C4SC(=S)N(CCCCCc5nn[nH]n5)C4=O)c3)cc12. The molecule has 0 atom stereocenters. The summed E-state index contributed by atoms with van der Waals surface area (Å²) in [6.07, 6.45) is 5.52. The third kappa shape index (κ3) is 4.89. The van der Waals surface area contributed by atoms with Crippen molar-refractivity contribution in [2.45, 2.75) is 25.7 Å². The quantitative estimate of drug-likeness (QED) is 0.145. The number of thiocarbonyl (C=S) groups is 1. The molecule has 1 saturated heterocycles. The largest absolute Gasteiger partial charge is 0.398 e. The van der Waals surface area contributed by atoms with Crippen molar-refractivity contribution < 1.29 is 4.79 Å². The summed E-state index contributed by atoms with van der Waals surface area (Å²) in [5.41, 5.74) is 9.15. The first-order valence-electron chi connectivity index (χ1n) is 10.9. The number of H-pyrrole nitrogens is 1. The van der Waals surface area contributed by atoms with Gasteiger partial charge in [0.2, 0.25) is 0 Å². The highest BCUT2D eigenvalue weighted by Crippen LogP contribution is 2.36. The number of aromatic amines is 1. The fourth-order valence-electron chi connectivity index (χ4n) is 3.90. The number of nitrogen functional groups attached to an aromatic ring is 1. The molecule has 4 aromatic rings. The summed E-state index contributed by atoms with van der Waals surface area (Å²) in [4.78, 5) is 16.3. The van der Waals surface area contributed by atoms with E-state index in [1.54, 1.807) is 16.2 Å². The number of carbonyl (C=O) groups is 1. The summed E-state index contributed by atoms with van der Waals surface area (Å²) < 4.78 is 0.621. The maximum Gasteiger partial charge on any atom is 0.266 e. The lowest BCUT2D eigenvalue weighted by atomic mass is 10.0. The van der Waals surface area contributed by atoms with Crippen molar-refractivity contribution in [1.82, 2.24) is 25.5 Å². The Bertz CT molecular complexity index is 1380. The molecule has 0 aliphatic carbocycles. The van der Waals surface area contributed by atoms with Gasteiger partial charge in [0.05, 0.1) is 4.91 Å². The van der Waals surface area contributed by atoms with E-state index in [-0.39, 0.29) is 5.91 Å². The highest BCUT2D eigenvalue weighted by molar-refractivity contribution is 8.26.